The maximum Gasteiger partial charge on any atom is 0.264 e. The highest BCUT2D eigenvalue weighted by Crippen LogP contribution is 2.31. The Morgan fingerprint density at radius 2 is 1.78 bits per heavy atom. The number of aryl methyl sites for hydroxylation is 1. The Balaban J connectivity index is 1.68. The third kappa shape index (κ3) is 7.38. The second-order valence-corrected chi connectivity index (χ2v) is 10.7. The van der Waals surface area contributed by atoms with Crippen LogP contribution >= 0.6 is 11.6 Å². The number of carbonyl (C=O) groups excluding carboxylic acids is 1. The van der Waals surface area contributed by atoms with E-state index in [1.165, 1.54) is 25.3 Å². The van der Waals surface area contributed by atoms with Crippen LogP contribution in [-0.4, -0.2) is 40.6 Å². The summed E-state index contributed by atoms with van der Waals surface area (Å²) < 4.78 is 38.8. The van der Waals surface area contributed by atoms with Crippen LogP contribution in [0.4, 0.5) is 5.69 Å². The Labute approximate surface area is 218 Å². The lowest BCUT2D eigenvalue weighted by molar-refractivity contribution is -0.119. The summed E-state index contributed by atoms with van der Waals surface area (Å²) in [5, 5.41) is 3.07. The number of sulfonamides is 1. The van der Waals surface area contributed by atoms with Gasteiger partial charge < -0.3 is 14.8 Å². The van der Waals surface area contributed by atoms with Crippen molar-refractivity contribution >= 4 is 33.2 Å². The quantitative estimate of drug-likeness (QED) is 0.330. The van der Waals surface area contributed by atoms with Crippen molar-refractivity contribution in [2.24, 2.45) is 0 Å². The van der Waals surface area contributed by atoms with Crippen LogP contribution in [0.2, 0.25) is 5.02 Å². The fourth-order valence-electron chi connectivity index (χ4n) is 3.60. The van der Waals surface area contributed by atoms with Gasteiger partial charge in [-0.1, -0.05) is 41.9 Å². The molecule has 0 heterocycles. The van der Waals surface area contributed by atoms with Crippen LogP contribution < -0.4 is 19.1 Å². The summed E-state index contributed by atoms with van der Waals surface area (Å²) >= 11 is 6.25. The zero-order valence-corrected chi connectivity index (χ0v) is 22.2. The topological polar surface area (TPSA) is 84.9 Å². The van der Waals surface area contributed by atoms with Gasteiger partial charge in [0.2, 0.25) is 5.91 Å². The largest absolute Gasteiger partial charge is 0.495 e. The number of anilines is 1. The Kier molecular flexibility index (Phi) is 9.61. The van der Waals surface area contributed by atoms with Crippen LogP contribution in [0, 0.1) is 0 Å². The van der Waals surface area contributed by atoms with Crippen molar-refractivity contribution in [2.75, 3.05) is 24.5 Å². The van der Waals surface area contributed by atoms with Gasteiger partial charge in [-0.05, 0) is 74.7 Å². The zero-order valence-electron chi connectivity index (χ0n) is 20.6. The first-order chi connectivity index (χ1) is 17.2. The second-order valence-electron chi connectivity index (χ2n) is 8.41. The highest BCUT2D eigenvalue weighted by molar-refractivity contribution is 7.92. The Morgan fingerprint density at radius 3 is 2.44 bits per heavy atom. The lowest BCUT2D eigenvalue weighted by Crippen LogP contribution is -2.41. The first-order valence-electron chi connectivity index (χ1n) is 11.6. The molecule has 0 aliphatic heterocycles. The molecule has 3 aromatic rings. The highest BCUT2D eigenvalue weighted by atomic mass is 35.5. The number of halogens is 1. The molecule has 0 bridgehead atoms. The predicted octanol–water partition coefficient (Wildman–Crippen LogP) is 5.08. The Bertz CT molecular complexity index is 1270. The SMILES string of the molecule is COc1ccc(N(CC(=O)NCCCc2cccc(OC(C)C)c2)S(=O)(=O)c2ccccc2)cc1Cl. The van der Waals surface area contributed by atoms with Gasteiger partial charge in [-0.25, -0.2) is 8.42 Å². The number of amides is 1. The minimum absolute atomic E-state index is 0.0771. The van der Waals surface area contributed by atoms with E-state index in [-0.39, 0.29) is 21.7 Å². The number of benzene rings is 3. The average molecular weight is 531 g/mol. The van der Waals surface area contributed by atoms with E-state index in [1.807, 2.05) is 38.1 Å². The predicted molar refractivity (Wildman–Crippen MR) is 143 cm³/mol. The summed E-state index contributed by atoms with van der Waals surface area (Å²) in [5.41, 5.74) is 1.37. The van der Waals surface area contributed by atoms with E-state index in [9.17, 15) is 13.2 Å². The third-order valence-corrected chi connectivity index (χ3v) is 7.36. The van der Waals surface area contributed by atoms with Gasteiger partial charge >= 0.3 is 0 Å². The van der Waals surface area contributed by atoms with Gasteiger partial charge in [0.25, 0.3) is 10.0 Å². The highest BCUT2D eigenvalue weighted by Gasteiger charge is 2.27. The van der Waals surface area contributed by atoms with Gasteiger partial charge in [-0.3, -0.25) is 9.10 Å². The number of nitrogens with zero attached hydrogens (tertiary/aromatic N) is 1. The van der Waals surface area contributed by atoms with Crippen LogP contribution in [0.25, 0.3) is 0 Å². The number of nitrogens with one attached hydrogen (secondary N) is 1. The molecule has 0 unspecified atom stereocenters. The molecule has 0 aliphatic rings. The van der Waals surface area contributed by atoms with Crippen LogP contribution in [-0.2, 0) is 21.2 Å². The molecule has 192 valence electrons. The maximum absolute atomic E-state index is 13.4. The minimum atomic E-state index is -4.01. The van der Waals surface area contributed by atoms with Crippen molar-refractivity contribution in [3.63, 3.8) is 0 Å². The van der Waals surface area contributed by atoms with Crippen LogP contribution in [0.3, 0.4) is 0 Å². The number of ether oxygens (including phenoxy) is 2. The van der Waals surface area contributed by atoms with Gasteiger partial charge in [0, 0.05) is 6.54 Å². The number of carbonyl (C=O) groups is 1. The van der Waals surface area contributed by atoms with E-state index >= 15 is 0 Å². The van der Waals surface area contributed by atoms with E-state index in [4.69, 9.17) is 21.1 Å². The Morgan fingerprint density at radius 1 is 1.03 bits per heavy atom. The molecule has 1 N–H and O–H groups in total. The molecular weight excluding hydrogens is 500 g/mol. The molecule has 0 saturated heterocycles. The molecule has 1 amide bonds. The van der Waals surface area contributed by atoms with Gasteiger partial charge in [0.1, 0.15) is 18.0 Å². The van der Waals surface area contributed by atoms with Gasteiger partial charge in [0.05, 0.1) is 28.8 Å². The van der Waals surface area contributed by atoms with E-state index in [0.29, 0.717) is 18.7 Å². The average Bonchev–Trinajstić information content (AvgIpc) is 2.85. The molecule has 3 rings (SSSR count). The van der Waals surface area contributed by atoms with Crippen molar-refractivity contribution < 1.29 is 22.7 Å². The van der Waals surface area contributed by atoms with Gasteiger partial charge in [0.15, 0.2) is 0 Å². The molecule has 0 aliphatic carbocycles. The second kappa shape index (κ2) is 12.6. The maximum atomic E-state index is 13.4. The summed E-state index contributed by atoms with van der Waals surface area (Å²) in [7, 11) is -2.54. The van der Waals surface area contributed by atoms with Crippen LogP contribution in [0.15, 0.2) is 77.7 Å². The normalized spacial score (nSPS) is 11.2. The van der Waals surface area contributed by atoms with Crippen LogP contribution in [0.5, 0.6) is 11.5 Å². The van der Waals surface area contributed by atoms with E-state index < -0.39 is 22.5 Å². The molecule has 0 atom stereocenters. The molecule has 9 heteroatoms. The molecule has 3 aromatic carbocycles. The van der Waals surface area contributed by atoms with Crippen molar-refractivity contribution in [2.45, 2.75) is 37.7 Å². The summed E-state index contributed by atoms with van der Waals surface area (Å²) in [4.78, 5) is 12.9. The summed E-state index contributed by atoms with van der Waals surface area (Å²) in [6.45, 7) is 3.96. The summed E-state index contributed by atoms with van der Waals surface area (Å²) in [6, 6.07) is 20.4. The molecule has 36 heavy (non-hydrogen) atoms. The van der Waals surface area contributed by atoms with Gasteiger partial charge in [-0.15, -0.1) is 0 Å². The molecule has 0 aromatic heterocycles. The smallest absolute Gasteiger partial charge is 0.264 e. The number of methoxy groups -OCH3 is 1. The van der Waals surface area contributed by atoms with Gasteiger partial charge in [-0.2, -0.15) is 0 Å². The third-order valence-electron chi connectivity index (χ3n) is 5.28. The molecule has 0 spiro atoms. The standard InChI is InChI=1S/C27H31ClN2O5S/c1-20(2)35-23-11-7-9-21(17-23)10-8-16-29-27(31)19-30(22-14-15-26(34-3)25(28)18-22)36(32,33)24-12-5-4-6-13-24/h4-7,9,11-15,17-18,20H,8,10,16,19H2,1-3H3,(H,29,31). The summed E-state index contributed by atoms with van der Waals surface area (Å²) in [6.07, 6.45) is 1.53. The Hall–Kier alpha value is -3.23. The minimum Gasteiger partial charge on any atom is -0.495 e. The van der Waals surface area contributed by atoms with Crippen molar-refractivity contribution in [1.29, 1.82) is 0 Å². The molecule has 0 radical (unpaired) electrons. The van der Waals surface area contributed by atoms with Crippen molar-refractivity contribution in [1.82, 2.24) is 5.32 Å². The molecule has 7 nitrogen and oxygen atoms in total. The first-order valence-corrected chi connectivity index (χ1v) is 13.5. The number of hydrogen-bond acceptors (Lipinski definition) is 5. The van der Waals surface area contributed by atoms with E-state index in [1.54, 1.807) is 30.3 Å². The molecule has 0 fully saturated rings. The van der Waals surface area contributed by atoms with Crippen molar-refractivity contribution in [3.05, 3.63) is 83.4 Å². The lowest BCUT2D eigenvalue weighted by atomic mass is 10.1. The molecule has 0 saturated carbocycles. The first kappa shape index (κ1) is 27.4. The number of rotatable bonds is 12. The molecular formula is C27H31ClN2O5S. The van der Waals surface area contributed by atoms with E-state index in [2.05, 4.69) is 5.32 Å². The van der Waals surface area contributed by atoms with E-state index in [0.717, 1.165) is 22.0 Å². The zero-order chi connectivity index (χ0) is 26.1. The van der Waals surface area contributed by atoms with Crippen LogP contribution in [0.1, 0.15) is 25.8 Å². The summed E-state index contributed by atoms with van der Waals surface area (Å²) in [5.74, 6) is 0.801. The monoisotopic (exact) mass is 530 g/mol. The fourth-order valence-corrected chi connectivity index (χ4v) is 5.28. The fraction of sp³-hybridized carbons (Fsp3) is 0.296. The van der Waals surface area contributed by atoms with Crippen molar-refractivity contribution in [3.8, 4) is 11.5 Å². The number of hydrogen-bond donors (Lipinski definition) is 1. The lowest BCUT2D eigenvalue weighted by Gasteiger charge is -2.24.